The second kappa shape index (κ2) is 10.4. The Morgan fingerprint density at radius 2 is 1.06 bits per heavy atom. The molecule has 2 heterocycles. The van der Waals surface area contributed by atoms with Crippen LogP contribution in [-0.2, 0) is 19.1 Å². The van der Waals surface area contributed by atoms with Crippen molar-refractivity contribution in [3.63, 3.8) is 0 Å². The molecule has 2 rings (SSSR count). The second-order valence-electron chi connectivity index (χ2n) is 12.4. The molecule has 0 saturated carbocycles. The van der Waals surface area contributed by atoms with Gasteiger partial charge in [0.25, 0.3) is 0 Å². The van der Waals surface area contributed by atoms with E-state index in [0.717, 1.165) is 0 Å². The van der Waals surface area contributed by atoms with Crippen LogP contribution >= 0.6 is 0 Å². The van der Waals surface area contributed by atoms with E-state index in [1.807, 2.05) is 12.2 Å². The maximum absolute atomic E-state index is 12.9. The first-order valence-electron chi connectivity index (χ1n) is 12.4. The molecular weight excluding hydrogens is 444 g/mol. The van der Waals surface area contributed by atoms with Gasteiger partial charge < -0.3 is 15.0 Å². The standard InChI is InChI=1S/C27H44N4O4/c1-11-13-30-24(3,4)15-19(16-25(30,5)6)34-22(32)21(29-28)23(33)35-20-17-26(7,8)31(14-12-2)27(9,10)18-20/h11-12,19-20H,1-2,13-18H2,3-10H3. The average molecular weight is 489 g/mol. The van der Waals surface area contributed by atoms with Gasteiger partial charge in [0, 0.05) is 60.9 Å². The Morgan fingerprint density at radius 3 is 1.29 bits per heavy atom. The molecule has 0 spiro atoms. The molecule has 0 N–H and O–H groups in total. The summed E-state index contributed by atoms with van der Waals surface area (Å²) >= 11 is 0. The summed E-state index contributed by atoms with van der Waals surface area (Å²) < 4.78 is 11.4. The minimum atomic E-state index is -0.964. The van der Waals surface area contributed by atoms with Gasteiger partial charge in [-0.3, -0.25) is 9.80 Å². The molecule has 8 nitrogen and oxygen atoms in total. The van der Waals surface area contributed by atoms with Crippen LogP contribution in [0.15, 0.2) is 25.3 Å². The minimum Gasteiger partial charge on any atom is -0.453 e. The third kappa shape index (κ3) is 6.49. The van der Waals surface area contributed by atoms with Crippen molar-refractivity contribution in [2.45, 2.75) is 115 Å². The van der Waals surface area contributed by atoms with E-state index >= 15 is 0 Å². The van der Waals surface area contributed by atoms with Crippen molar-refractivity contribution in [2.24, 2.45) is 0 Å². The number of carbonyl (C=O) groups is 2. The van der Waals surface area contributed by atoms with Gasteiger partial charge in [-0.15, -0.1) is 13.2 Å². The first-order valence-corrected chi connectivity index (χ1v) is 12.4. The smallest absolute Gasteiger partial charge is 0.453 e. The van der Waals surface area contributed by atoms with E-state index in [2.05, 4.69) is 83.1 Å². The van der Waals surface area contributed by atoms with Crippen LogP contribution in [0.2, 0.25) is 0 Å². The summed E-state index contributed by atoms with van der Waals surface area (Å²) in [5.74, 6) is -1.93. The molecule has 196 valence electrons. The van der Waals surface area contributed by atoms with E-state index in [1.165, 1.54) is 0 Å². The molecule has 0 aliphatic carbocycles. The molecule has 0 aromatic rings. The Balaban J connectivity index is 2.10. The summed E-state index contributed by atoms with van der Waals surface area (Å²) in [6.45, 7) is 25.9. The monoisotopic (exact) mass is 488 g/mol. The topological polar surface area (TPSA) is 95.5 Å². The van der Waals surface area contributed by atoms with E-state index < -0.39 is 29.9 Å². The third-order valence-electron chi connectivity index (χ3n) is 7.49. The molecule has 2 fully saturated rings. The fraction of sp³-hybridized carbons (Fsp3) is 0.741. The Hall–Kier alpha value is -2.28. The highest BCUT2D eigenvalue weighted by Gasteiger charge is 2.49. The van der Waals surface area contributed by atoms with Crippen molar-refractivity contribution in [1.29, 1.82) is 0 Å². The van der Waals surface area contributed by atoms with Crippen molar-refractivity contribution >= 4 is 17.7 Å². The van der Waals surface area contributed by atoms with Crippen LogP contribution in [0.4, 0.5) is 0 Å². The van der Waals surface area contributed by atoms with E-state index in [0.29, 0.717) is 38.8 Å². The molecular formula is C27H44N4O4. The highest BCUT2D eigenvalue weighted by Crippen LogP contribution is 2.40. The van der Waals surface area contributed by atoms with Gasteiger partial charge in [-0.2, -0.15) is 4.79 Å². The molecule has 0 aromatic heterocycles. The molecule has 0 amide bonds. The quantitative estimate of drug-likeness (QED) is 0.127. The lowest BCUT2D eigenvalue weighted by Crippen LogP contribution is -2.62. The SMILES string of the molecule is C=CCN1C(C)(C)CC(OC(=O)C(=[N+]=[N-])C(=O)OC2CC(C)(C)N(CC=C)C(C)(C)C2)CC1(C)C. The number of hydrogen-bond donors (Lipinski definition) is 0. The summed E-state index contributed by atoms with van der Waals surface area (Å²) in [5, 5.41) is 0. The highest BCUT2D eigenvalue weighted by molar-refractivity contribution is 6.60. The zero-order chi connectivity index (χ0) is 26.8. The van der Waals surface area contributed by atoms with Crippen molar-refractivity contribution < 1.29 is 23.9 Å². The van der Waals surface area contributed by atoms with Gasteiger partial charge in [-0.25, -0.2) is 9.59 Å². The lowest BCUT2D eigenvalue weighted by atomic mass is 9.78. The van der Waals surface area contributed by atoms with Gasteiger partial charge >= 0.3 is 17.7 Å². The van der Waals surface area contributed by atoms with E-state index in [-0.39, 0.29) is 22.2 Å². The number of likely N-dealkylation sites (tertiary alicyclic amines) is 2. The first-order chi connectivity index (χ1) is 16.0. The van der Waals surface area contributed by atoms with E-state index in [9.17, 15) is 15.1 Å². The average Bonchev–Trinajstić information content (AvgIpc) is 2.66. The Morgan fingerprint density at radius 1 is 0.771 bits per heavy atom. The number of rotatable bonds is 8. The molecule has 0 unspecified atom stereocenters. The van der Waals surface area contributed by atoms with Gasteiger partial charge in [0.15, 0.2) is 0 Å². The molecule has 2 saturated heterocycles. The predicted octanol–water partition coefficient (Wildman–Crippen LogP) is 4.16. The second-order valence-corrected chi connectivity index (χ2v) is 12.4. The molecule has 0 atom stereocenters. The van der Waals surface area contributed by atoms with Crippen molar-refractivity contribution in [3.05, 3.63) is 30.8 Å². The van der Waals surface area contributed by atoms with Crippen molar-refractivity contribution in [1.82, 2.24) is 9.80 Å². The Kier molecular flexibility index (Phi) is 8.58. The third-order valence-corrected chi connectivity index (χ3v) is 7.49. The van der Waals surface area contributed by atoms with Crippen LogP contribution in [0.3, 0.4) is 0 Å². The van der Waals surface area contributed by atoms with Gasteiger partial charge in [-0.1, -0.05) is 12.2 Å². The van der Waals surface area contributed by atoms with Crippen LogP contribution in [0.25, 0.3) is 5.53 Å². The number of carbonyl (C=O) groups excluding carboxylic acids is 2. The normalized spacial score (nSPS) is 24.1. The maximum atomic E-state index is 12.9. The maximum Gasteiger partial charge on any atom is 0.482 e. The Labute approximate surface area is 210 Å². The molecule has 2 aliphatic heterocycles. The number of hydrogen-bond acceptors (Lipinski definition) is 6. The van der Waals surface area contributed by atoms with E-state index in [4.69, 9.17) is 9.47 Å². The van der Waals surface area contributed by atoms with Gasteiger partial charge in [0.2, 0.25) is 0 Å². The summed E-state index contributed by atoms with van der Waals surface area (Å²) in [4.78, 5) is 33.4. The number of nitrogens with zero attached hydrogens (tertiary/aromatic N) is 4. The fourth-order valence-corrected chi connectivity index (χ4v) is 6.45. The molecule has 0 radical (unpaired) electrons. The lowest BCUT2D eigenvalue weighted by Gasteiger charge is -2.54. The zero-order valence-corrected chi connectivity index (χ0v) is 22.9. The zero-order valence-electron chi connectivity index (χ0n) is 22.9. The van der Waals surface area contributed by atoms with E-state index in [1.54, 1.807) is 0 Å². The van der Waals surface area contributed by atoms with Gasteiger partial charge in [-0.05, 0) is 55.4 Å². The molecule has 0 aromatic carbocycles. The number of esters is 2. The number of ether oxygens (including phenoxy) is 2. The van der Waals surface area contributed by atoms with Crippen LogP contribution < -0.4 is 0 Å². The minimum absolute atomic E-state index is 0.255. The molecule has 2 aliphatic rings. The summed E-state index contributed by atoms with van der Waals surface area (Å²) in [5.41, 5.74) is 7.76. The molecule has 8 heteroatoms. The van der Waals surface area contributed by atoms with Crippen LogP contribution in [0, 0.1) is 0 Å². The van der Waals surface area contributed by atoms with Crippen LogP contribution in [0.1, 0.15) is 81.1 Å². The largest absolute Gasteiger partial charge is 0.482 e. The van der Waals surface area contributed by atoms with Gasteiger partial charge in [0.05, 0.1) is 0 Å². The predicted molar refractivity (Wildman–Crippen MR) is 137 cm³/mol. The highest BCUT2D eigenvalue weighted by atomic mass is 16.6. The van der Waals surface area contributed by atoms with Crippen molar-refractivity contribution in [2.75, 3.05) is 13.1 Å². The fourth-order valence-electron chi connectivity index (χ4n) is 6.45. The summed E-state index contributed by atoms with van der Waals surface area (Å²) in [6.07, 6.45) is 5.18. The van der Waals surface area contributed by atoms with Crippen LogP contribution in [-0.4, -0.2) is 79.7 Å². The number of piperidine rings is 2. The first kappa shape index (κ1) is 29.0. The molecule has 0 bridgehead atoms. The lowest BCUT2D eigenvalue weighted by molar-refractivity contribution is -0.164. The van der Waals surface area contributed by atoms with Gasteiger partial charge in [0.1, 0.15) is 12.2 Å². The summed E-state index contributed by atoms with van der Waals surface area (Å²) in [7, 11) is 0. The van der Waals surface area contributed by atoms with Crippen LogP contribution in [0.5, 0.6) is 0 Å². The summed E-state index contributed by atoms with van der Waals surface area (Å²) in [6, 6.07) is 0. The Bertz CT molecular complexity index is 797. The van der Waals surface area contributed by atoms with Crippen molar-refractivity contribution in [3.8, 4) is 0 Å². The molecule has 35 heavy (non-hydrogen) atoms.